The van der Waals surface area contributed by atoms with Gasteiger partial charge >= 0.3 is 5.97 Å². The summed E-state index contributed by atoms with van der Waals surface area (Å²) in [6, 6.07) is 0. The molecule has 0 saturated heterocycles. The van der Waals surface area contributed by atoms with Crippen molar-refractivity contribution >= 4 is 5.97 Å². The Morgan fingerprint density at radius 2 is 1.90 bits per heavy atom. The molecule has 0 saturated carbocycles. The van der Waals surface area contributed by atoms with E-state index in [0.717, 1.165) is 38.1 Å². The van der Waals surface area contributed by atoms with Gasteiger partial charge < -0.3 is 14.7 Å². The maximum atomic E-state index is 10.4. The molecule has 20 heavy (non-hydrogen) atoms. The van der Waals surface area contributed by atoms with Gasteiger partial charge in [0.05, 0.1) is 13.0 Å². The number of carboxylic acids is 1. The van der Waals surface area contributed by atoms with Gasteiger partial charge in [0.1, 0.15) is 0 Å². The molecule has 0 bridgehead atoms. The van der Waals surface area contributed by atoms with Crippen LogP contribution in [0.25, 0.3) is 0 Å². The van der Waals surface area contributed by atoms with Crippen molar-refractivity contribution in [2.24, 2.45) is 0 Å². The van der Waals surface area contributed by atoms with Gasteiger partial charge in [-0.25, -0.2) is 0 Å². The highest BCUT2D eigenvalue weighted by molar-refractivity contribution is 5.70. The number of methoxy groups -OCH3 is 1. The number of nitrogens with zero attached hydrogens (tertiary/aromatic N) is 1. The summed E-state index contributed by atoms with van der Waals surface area (Å²) in [5.41, 5.74) is 0.895. The Morgan fingerprint density at radius 3 is 2.30 bits per heavy atom. The van der Waals surface area contributed by atoms with Gasteiger partial charge in [-0.3, -0.25) is 4.79 Å². The molecule has 0 aliphatic rings. The molecule has 0 amide bonds. The first-order chi connectivity index (χ1) is 9.51. The average Bonchev–Trinajstić information content (AvgIpc) is 2.42. The molecule has 0 heterocycles. The molecule has 0 aromatic carbocycles. The molecule has 0 rings (SSSR count). The molecule has 0 radical (unpaired) electrons. The van der Waals surface area contributed by atoms with Gasteiger partial charge in [-0.15, -0.1) is 0 Å². The summed E-state index contributed by atoms with van der Waals surface area (Å²) in [6.07, 6.45) is 7.77. The number of likely N-dealkylation sites (N-methyl/N-ethyl adjacent to an activating group) is 1. The molecule has 0 unspecified atom stereocenters. The van der Waals surface area contributed by atoms with E-state index in [1.165, 1.54) is 0 Å². The van der Waals surface area contributed by atoms with Crippen molar-refractivity contribution in [3.05, 3.63) is 23.8 Å². The third-order valence-electron chi connectivity index (χ3n) is 2.61. The Hall–Kier alpha value is -1.13. The molecular weight excluding hydrogens is 254 g/mol. The maximum absolute atomic E-state index is 10.4. The van der Waals surface area contributed by atoms with Crippen molar-refractivity contribution in [3.63, 3.8) is 0 Å². The van der Waals surface area contributed by atoms with E-state index in [9.17, 15) is 4.79 Å². The molecule has 4 nitrogen and oxygen atoms in total. The first kappa shape index (κ1) is 21.2. The Kier molecular flexibility index (Phi) is 16.9. The molecule has 0 aromatic rings. The van der Waals surface area contributed by atoms with E-state index in [-0.39, 0.29) is 6.42 Å². The van der Waals surface area contributed by atoms with Gasteiger partial charge in [0.2, 0.25) is 0 Å². The smallest absolute Gasteiger partial charge is 0.307 e. The van der Waals surface area contributed by atoms with Crippen LogP contribution in [0, 0.1) is 0 Å². The van der Waals surface area contributed by atoms with Gasteiger partial charge in [0.15, 0.2) is 0 Å². The normalized spacial score (nSPS) is 11.6. The van der Waals surface area contributed by atoms with Crippen LogP contribution in [0.1, 0.15) is 40.0 Å². The Labute approximate surface area is 124 Å². The molecule has 0 aromatic heterocycles. The van der Waals surface area contributed by atoms with Crippen LogP contribution in [-0.2, 0) is 9.53 Å². The number of hydrogen-bond acceptors (Lipinski definition) is 3. The van der Waals surface area contributed by atoms with E-state index in [1.54, 1.807) is 7.11 Å². The van der Waals surface area contributed by atoms with Crippen LogP contribution in [-0.4, -0.2) is 49.8 Å². The van der Waals surface area contributed by atoms with E-state index >= 15 is 0 Å². The van der Waals surface area contributed by atoms with Crippen LogP contribution < -0.4 is 0 Å². The lowest BCUT2D eigenvalue weighted by Crippen LogP contribution is -2.21. The topological polar surface area (TPSA) is 49.8 Å². The second-order valence-corrected chi connectivity index (χ2v) is 4.46. The summed E-state index contributed by atoms with van der Waals surface area (Å²) in [7, 11) is 3.81. The number of rotatable bonds is 9. The van der Waals surface area contributed by atoms with Gasteiger partial charge in [-0.05, 0) is 32.0 Å². The van der Waals surface area contributed by atoms with Crippen molar-refractivity contribution in [1.29, 1.82) is 0 Å². The maximum Gasteiger partial charge on any atom is 0.307 e. The average molecular weight is 285 g/mol. The van der Waals surface area contributed by atoms with Gasteiger partial charge in [-0.2, -0.15) is 0 Å². The number of carboxylic acid groups (broad SMARTS) is 1. The second kappa shape index (κ2) is 15.9. The van der Waals surface area contributed by atoms with Gasteiger partial charge in [-0.1, -0.05) is 39.0 Å². The fourth-order valence-electron chi connectivity index (χ4n) is 1.31. The minimum atomic E-state index is -0.768. The molecule has 118 valence electrons. The fourth-order valence-corrected chi connectivity index (χ4v) is 1.31. The molecule has 0 atom stereocenters. The van der Waals surface area contributed by atoms with Gasteiger partial charge in [0.25, 0.3) is 0 Å². The number of carbonyl (C=O) groups is 1. The molecular formula is C16H31NO3. The monoisotopic (exact) mass is 285 g/mol. The van der Waals surface area contributed by atoms with Crippen molar-refractivity contribution in [2.75, 3.05) is 33.9 Å². The van der Waals surface area contributed by atoms with Crippen molar-refractivity contribution in [3.8, 4) is 0 Å². The molecule has 1 N–H and O–H groups in total. The summed E-state index contributed by atoms with van der Waals surface area (Å²) in [5, 5.41) is 8.54. The zero-order valence-corrected chi connectivity index (χ0v) is 13.7. The van der Waals surface area contributed by atoms with Crippen LogP contribution in [0.3, 0.4) is 0 Å². The standard InChI is InChI=1S/C10H16O2.C6H15NO/c1-3-5-7-9(6-4-2)8-10(11)12;1-4-7(2)5-6-8-3/h5-7H,3-4,8H2,1-2H3,(H,11,12);4-6H2,1-3H3/b7-5-,9-6+;. The Bertz CT molecular complexity index is 285. The van der Waals surface area contributed by atoms with Crippen LogP contribution >= 0.6 is 0 Å². The van der Waals surface area contributed by atoms with Crippen molar-refractivity contribution in [2.45, 2.75) is 40.0 Å². The first-order valence-corrected chi connectivity index (χ1v) is 7.26. The molecule has 0 fully saturated rings. The quantitative estimate of drug-likeness (QED) is 0.660. The minimum absolute atomic E-state index is 0.129. The van der Waals surface area contributed by atoms with Crippen LogP contribution in [0.4, 0.5) is 0 Å². The lowest BCUT2D eigenvalue weighted by atomic mass is 10.1. The van der Waals surface area contributed by atoms with Crippen molar-refractivity contribution < 1.29 is 14.6 Å². The van der Waals surface area contributed by atoms with E-state index in [0.29, 0.717) is 0 Å². The minimum Gasteiger partial charge on any atom is -0.481 e. The zero-order valence-electron chi connectivity index (χ0n) is 13.7. The first-order valence-electron chi connectivity index (χ1n) is 7.26. The van der Waals surface area contributed by atoms with Crippen molar-refractivity contribution in [1.82, 2.24) is 4.90 Å². The summed E-state index contributed by atoms with van der Waals surface area (Å²) < 4.78 is 4.87. The number of aliphatic carboxylic acids is 1. The highest BCUT2D eigenvalue weighted by atomic mass is 16.5. The van der Waals surface area contributed by atoms with Crippen LogP contribution in [0.5, 0.6) is 0 Å². The lowest BCUT2D eigenvalue weighted by Gasteiger charge is -2.11. The highest BCUT2D eigenvalue weighted by Crippen LogP contribution is 2.05. The van der Waals surface area contributed by atoms with Gasteiger partial charge in [0, 0.05) is 13.7 Å². The largest absolute Gasteiger partial charge is 0.481 e. The van der Waals surface area contributed by atoms with E-state index < -0.39 is 5.97 Å². The summed E-state index contributed by atoms with van der Waals surface area (Å²) in [4.78, 5) is 12.6. The summed E-state index contributed by atoms with van der Waals surface area (Å²) >= 11 is 0. The van der Waals surface area contributed by atoms with E-state index in [4.69, 9.17) is 9.84 Å². The Morgan fingerprint density at radius 1 is 1.25 bits per heavy atom. The van der Waals surface area contributed by atoms with E-state index in [2.05, 4.69) is 18.9 Å². The summed E-state index contributed by atoms with van der Waals surface area (Å²) in [5.74, 6) is -0.768. The molecule has 0 aliphatic carbocycles. The number of allylic oxidation sites excluding steroid dienone is 3. The highest BCUT2D eigenvalue weighted by Gasteiger charge is 1.98. The third-order valence-corrected chi connectivity index (χ3v) is 2.61. The predicted octanol–water partition coefficient (Wildman–Crippen LogP) is 3.35. The Balaban J connectivity index is 0. The fraction of sp³-hybridized carbons (Fsp3) is 0.688. The third kappa shape index (κ3) is 16.9. The second-order valence-electron chi connectivity index (χ2n) is 4.46. The summed E-state index contributed by atoms with van der Waals surface area (Å²) in [6.45, 7) is 9.14. The zero-order chi connectivity index (χ0) is 15.8. The van der Waals surface area contributed by atoms with Crippen LogP contribution in [0.2, 0.25) is 0 Å². The lowest BCUT2D eigenvalue weighted by molar-refractivity contribution is -0.136. The molecule has 0 aliphatic heterocycles. The number of ether oxygens (including phenoxy) is 1. The molecule has 4 heteroatoms. The predicted molar refractivity (Wildman–Crippen MR) is 85.1 cm³/mol. The molecule has 0 spiro atoms. The van der Waals surface area contributed by atoms with Crippen LogP contribution in [0.15, 0.2) is 23.8 Å². The SMILES string of the molecule is CC/C=C\C(=C/CC)CC(=O)O.CCN(C)CCOC. The van der Waals surface area contributed by atoms with E-state index in [1.807, 2.05) is 32.1 Å². The number of hydrogen-bond donors (Lipinski definition) is 1.